The van der Waals surface area contributed by atoms with Crippen molar-refractivity contribution >= 4 is 0 Å². The molecule has 1 rings (SSSR count). The summed E-state index contributed by atoms with van der Waals surface area (Å²) in [5, 5.41) is 8.88. The Labute approximate surface area is 125 Å². The van der Waals surface area contributed by atoms with Gasteiger partial charge in [0, 0.05) is 26.2 Å². The Morgan fingerprint density at radius 2 is 1.70 bits per heavy atom. The second kappa shape index (κ2) is 12.6. The van der Waals surface area contributed by atoms with Crippen LogP contribution in [0.25, 0.3) is 0 Å². The highest BCUT2D eigenvalue weighted by Crippen LogP contribution is 2.15. The van der Waals surface area contributed by atoms with Crippen LogP contribution in [-0.4, -0.2) is 49.0 Å². The average molecular weight is 285 g/mol. The number of aliphatic hydroxyl groups is 1. The molecule has 120 valence electrons. The molecule has 1 N–H and O–H groups in total. The van der Waals surface area contributed by atoms with Gasteiger partial charge in [-0.25, -0.2) is 0 Å². The summed E-state index contributed by atoms with van der Waals surface area (Å²) in [5.41, 5.74) is 0. The molecule has 0 radical (unpaired) electrons. The zero-order valence-corrected chi connectivity index (χ0v) is 13.5. The van der Waals surface area contributed by atoms with Crippen molar-refractivity contribution in [3.8, 4) is 0 Å². The minimum atomic E-state index is 0.306. The Bertz CT molecular complexity index is 211. The molecule has 1 heterocycles. The van der Waals surface area contributed by atoms with Gasteiger partial charge in [0.15, 0.2) is 0 Å². The van der Waals surface area contributed by atoms with E-state index in [9.17, 15) is 0 Å². The van der Waals surface area contributed by atoms with Crippen molar-refractivity contribution in [3.63, 3.8) is 0 Å². The molecule has 1 atom stereocenters. The summed E-state index contributed by atoms with van der Waals surface area (Å²) in [6.45, 7) is 6.57. The highest BCUT2D eigenvalue weighted by molar-refractivity contribution is 4.71. The van der Waals surface area contributed by atoms with Gasteiger partial charge in [-0.2, -0.15) is 0 Å². The first-order valence-corrected chi connectivity index (χ1v) is 8.81. The third-order valence-corrected chi connectivity index (χ3v) is 4.24. The molecule has 1 aliphatic rings. The molecule has 1 saturated heterocycles. The maximum absolute atomic E-state index is 8.88. The van der Waals surface area contributed by atoms with E-state index in [2.05, 4.69) is 11.8 Å². The summed E-state index contributed by atoms with van der Waals surface area (Å²) in [4.78, 5) is 2.44. The van der Waals surface area contributed by atoms with Crippen LogP contribution in [-0.2, 0) is 4.74 Å². The number of rotatable bonds is 12. The molecule has 0 spiro atoms. The Hall–Kier alpha value is -0.120. The lowest BCUT2D eigenvalue weighted by Crippen LogP contribution is -2.42. The van der Waals surface area contributed by atoms with Crippen molar-refractivity contribution in [1.82, 2.24) is 4.90 Å². The second-order valence-corrected chi connectivity index (χ2v) is 6.13. The molecule has 0 aromatic heterocycles. The second-order valence-electron chi connectivity index (χ2n) is 6.13. The zero-order chi connectivity index (χ0) is 14.5. The molecule has 1 aliphatic heterocycles. The molecule has 3 heteroatoms. The fourth-order valence-electron chi connectivity index (χ4n) is 2.96. The molecule has 0 aromatic rings. The number of aliphatic hydroxyl groups excluding tert-OH is 1. The molecule has 0 aliphatic carbocycles. The summed E-state index contributed by atoms with van der Waals surface area (Å²) in [7, 11) is 0. The third kappa shape index (κ3) is 8.93. The standard InChI is InChI=1S/C17H35NO2/c1-2-3-4-5-6-7-8-9-11-17-16-18(12-10-14-19)13-15-20-17/h17,19H,2-16H2,1H3. The summed E-state index contributed by atoms with van der Waals surface area (Å²) in [6, 6.07) is 0. The van der Waals surface area contributed by atoms with Gasteiger partial charge in [0.05, 0.1) is 12.7 Å². The SMILES string of the molecule is CCCCCCCCCCC1CN(CCCO)CCO1. The number of hydrogen-bond acceptors (Lipinski definition) is 3. The van der Waals surface area contributed by atoms with E-state index >= 15 is 0 Å². The van der Waals surface area contributed by atoms with Crippen LogP contribution in [0.3, 0.4) is 0 Å². The van der Waals surface area contributed by atoms with Crippen molar-refractivity contribution in [2.24, 2.45) is 0 Å². The number of morpholine rings is 1. The molecule has 20 heavy (non-hydrogen) atoms. The first-order chi connectivity index (χ1) is 9.86. The van der Waals surface area contributed by atoms with E-state index in [4.69, 9.17) is 9.84 Å². The number of ether oxygens (including phenoxy) is 1. The topological polar surface area (TPSA) is 32.7 Å². The van der Waals surface area contributed by atoms with Gasteiger partial charge in [-0.05, 0) is 12.8 Å². The van der Waals surface area contributed by atoms with Crippen molar-refractivity contribution in [3.05, 3.63) is 0 Å². The normalized spacial score (nSPS) is 20.4. The predicted octanol–water partition coefficient (Wildman–Crippen LogP) is 3.60. The van der Waals surface area contributed by atoms with Gasteiger partial charge < -0.3 is 9.84 Å². The monoisotopic (exact) mass is 285 g/mol. The Kier molecular flexibility index (Phi) is 11.3. The van der Waals surface area contributed by atoms with E-state index in [1.165, 1.54) is 57.8 Å². The van der Waals surface area contributed by atoms with Crippen LogP contribution in [0.15, 0.2) is 0 Å². The van der Waals surface area contributed by atoms with E-state index in [0.717, 1.165) is 32.7 Å². The van der Waals surface area contributed by atoms with E-state index in [-0.39, 0.29) is 0 Å². The van der Waals surface area contributed by atoms with Crippen LogP contribution < -0.4 is 0 Å². The molecular weight excluding hydrogens is 250 g/mol. The molecule has 3 nitrogen and oxygen atoms in total. The third-order valence-electron chi connectivity index (χ3n) is 4.24. The molecule has 0 amide bonds. The molecule has 0 bridgehead atoms. The average Bonchev–Trinajstić information content (AvgIpc) is 2.48. The molecular formula is C17H35NO2. The van der Waals surface area contributed by atoms with Crippen LogP contribution in [0, 0.1) is 0 Å². The molecule has 0 aromatic carbocycles. The first kappa shape index (κ1) is 17.9. The smallest absolute Gasteiger partial charge is 0.0702 e. The Balaban J connectivity index is 1.93. The van der Waals surface area contributed by atoms with Crippen LogP contribution in [0.5, 0.6) is 0 Å². The van der Waals surface area contributed by atoms with E-state index < -0.39 is 0 Å². The molecule has 0 saturated carbocycles. The van der Waals surface area contributed by atoms with Crippen molar-refractivity contribution in [2.75, 3.05) is 32.8 Å². The van der Waals surface area contributed by atoms with Crippen LogP contribution in [0.2, 0.25) is 0 Å². The highest BCUT2D eigenvalue weighted by Gasteiger charge is 2.19. The van der Waals surface area contributed by atoms with Gasteiger partial charge in [0.25, 0.3) is 0 Å². The van der Waals surface area contributed by atoms with Gasteiger partial charge in [0.1, 0.15) is 0 Å². The lowest BCUT2D eigenvalue weighted by atomic mass is 10.0. The summed E-state index contributed by atoms with van der Waals surface area (Å²) in [5.74, 6) is 0. The van der Waals surface area contributed by atoms with Crippen molar-refractivity contribution < 1.29 is 9.84 Å². The van der Waals surface area contributed by atoms with Crippen LogP contribution in [0.4, 0.5) is 0 Å². The summed E-state index contributed by atoms with van der Waals surface area (Å²) < 4.78 is 5.84. The zero-order valence-electron chi connectivity index (χ0n) is 13.5. The van der Waals surface area contributed by atoms with E-state index in [1.54, 1.807) is 0 Å². The Morgan fingerprint density at radius 1 is 1.00 bits per heavy atom. The number of unbranched alkanes of at least 4 members (excludes halogenated alkanes) is 7. The number of hydrogen-bond donors (Lipinski definition) is 1. The molecule has 1 unspecified atom stereocenters. The minimum absolute atomic E-state index is 0.306. The number of nitrogens with zero attached hydrogens (tertiary/aromatic N) is 1. The molecule has 1 fully saturated rings. The van der Waals surface area contributed by atoms with Crippen LogP contribution in [0.1, 0.15) is 71.1 Å². The first-order valence-electron chi connectivity index (χ1n) is 8.81. The largest absolute Gasteiger partial charge is 0.396 e. The lowest BCUT2D eigenvalue weighted by Gasteiger charge is -2.32. The van der Waals surface area contributed by atoms with Gasteiger partial charge >= 0.3 is 0 Å². The van der Waals surface area contributed by atoms with E-state index in [0.29, 0.717) is 12.7 Å². The predicted molar refractivity (Wildman–Crippen MR) is 85.1 cm³/mol. The van der Waals surface area contributed by atoms with E-state index in [1.807, 2.05) is 0 Å². The summed E-state index contributed by atoms with van der Waals surface area (Å²) >= 11 is 0. The van der Waals surface area contributed by atoms with Crippen LogP contribution >= 0.6 is 0 Å². The fourth-order valence-corrected chi connectivity index (χ4v) is 2.96. The van der Waals surface area contributed by atoms with Gasteiger partial charge in [-0.3, -0.25) is 4.90 Å². The van der Waals surface area contributed by atoms with Gasteiger partial charge in [-0.15, -0.1) is 0 Å². The Morgan fingerprint density at radius 3 is 2.40 bits per heavy atom. The highest BCUT2D eigenvalue weighted by atomic mass is 16.5. The van der Waals surface area contributed by atoms with Crippen molar-refractivity contribution in [2.45, 2.75) is 77.2 Å². The maximum Gasteiger partial charge on any atom is 0.0702 e. The minimum Gasteiger partial charge on any atom is -0.396 e. The van der Waals surface area contributed by atoms with Crippen molar-refractivity contribution in [1.29, 1.82) is 0 Å². The van der Waals surface area contributed by atoms with Gasteiger partial charge in [0.2, 0.25) is 0 Å². The fraction of sp³-hybridized carbons (Fsp3) is 1.00. The lowest BCUT2D eigenvalue weighted by molar-refractivity contribution is -0.0341. The van der Waals surface area contributed by atoms with Gasteiger partial charge in [-0.1, -0.05) is 58.3 Å². The summed E-state index contributed by atoms with van der Waals surface area (Å²) in [6.07, 6.45) is 13.6. The maximum atomic E-state index is 8.88. The quantitative estimate of drug-likeness (QED) is 0.556.